The first-order valence-electron chi connectivity index (χ1n) is 7.33. The number of nitrogens with one attached hydrogen (secondary N) is 2. The molecule has 24 heavy (non-hydrogen) atoms. The van der Waals surface area contributed by atoms with Crippen molar-refractivity contribution in [3.8, 4) is 5.75 Å². The second-order valence-electron chi connectivity index (χ2n) is 5.03. The van der Waals surface area contributed by atoms with Crippen LogP contribution in [0.2, 0.25) is 0 Å². The first-order chi connectivity index (χ1) is 11.3. The molecule has 0 aliphatic rings. The molecule has 0 aliphatic carbocycles. The van der Waals surface area contributed by atoms with Crippen LogP contribution in [-0.4, -0.2) is 27.1 Å². The first kappa shape index (κ1) is 17.5. The van der Waals surface area contributed by atoms with E-state index in [1.165, 1.54) is 0 Å². The molecular formula is C17H18ClN5O. The quantitative estimate of drug-likeness (QED) is 0.636. The van der Waals surface area contributed by atoms with Crippen LogP contribution in [0.1, 0.15) is 5.56 Å². The topological polar surface area (TPSA) is 83.0 Å². The number of phenols is 1. The monoisotopic (exact) mass is 343 g/mol. The minimum Gasteiger partial charge on any atom is -0.508 e. The second kappa shape index (κ2) is 8.69. The maximum atomic E-state index is 9.29. The smallest absolute Gasteiger partial charge is 0.179 e. The zero-order valence-corrected chi connectivity index (χ0v) is 13.7. The third kappa shape index (κ3) is 4.82. The average Bonchev–Trinajstić information content (AvgIpc) is 2.59. The predicted octanol–water partition coefficient (Wildman–Crippen LogP) is 3.40. The van der Waals surface area contributed by atoms with E-state index in [1.54, 1.807) is 18.3 Å². The van der Waals surface area contributed by atoms with Crippen molar-refractivity contribution in [2.45, 2.75) is 6.42 Å². The number of hydrogen-bond acceptors (Lipinski definition) is 6. The van der Waals surface area contributed by atoms with Gasteiger partial charge in [-0.05, 0) is 41.5 Å². The summed E-state index contributed by atoms with van der Waals surface area (Å²) in [6.07, 6.45) is 2.47. The van der Waals surface area contributed by atoms with Gasteiger partial charge < -0.3 is 15.7 Å². The minimum absolute atomic E-state index is 0. The number of aromatic nitrogens is 3. The molecule has 3 aromatic rings. The number of nitrogens with zero attached hydrogens (tertiary/aromatic N) is 3. The summed E-state index contributed by atoms with van der Waals surface area (Å²) in [5, 5.41) is 27.4. The largest absolute Gasteiger partial charge is 0.508 e. The molecule has 7 heteroatoms. The van der Waals surface area contributed by atoms with Crippen molar-refractivity contribution in [3.63, 3.8) is 0 Å². The third-order valence-electron chi connectivity index (χ3n) is 3.34. The van der Waals surface area contributed by atoms with Gasteiger partial charge in [0.25, 0.3) is 0 Å². The van der Waals surface area contributed by atoms with Crippen LogP contribution in [0, 0.1) is 0 Å². The third-order valence-corrected chi connectivity index (χ3v) is 3.34. The molecule has 0 unspecified atom stereocenters. The van der Waals surface area contributed by atoms with E-state index in [-0.39, 0.29) is 18.2 Å². The summed E-state index contributed by atoms with van der Waals surface area (Å²) >= 11 is 0. The van der Waals surface area contributed by atoms with E-state index < -0.39 is 0 Å². The number of para-hydroxylation sites is 1. The Morgan fingerprint density at radius 2 is 1.71 bits per heavy atom. The summed E-state index contributed by atoms with van der Waals surface area (Å²) in [6, 6.07) is 17.0. The molecule has 0 fully saturated rings. The molecule has 1 aromatic heterocycles. The van der Waals surface area contributed by atoms with Crippen molar-refractivity contribution in [1.29, 1.82) is 0 Å². The van der Waals surface area contributed by atoms with E-state index in [9.17, 15) is 5.11 Å². The summed E-state index contributed by atoms with van der Waals surface area (Å²) in [5.74, 6) is 0.912. The standard InChI is InChI=1S/C17H17N5O.ClH/c23-15-8-6-13(7-9-15)10-11-18-16-12-19-22-21-17(16)20-14-4-2-1-3-5-14;/h1-9,12,23H,10-11H2,(H,18,22)(H,19,20,21);1H. The Kier molecular flexibility index (Phi) is 6.33. The Balaban J connectivity index is 0.00000208. The lowest BCUT2D eigenvalue weighted by atomic mass is 10.1. The Morgan fingerprint density at radius 3 is 2.46 bits per heavy atom. The molecule has 0 saturated heterocycles. The van der Waals surface area contributed by atoms with E-state index in [0.29, 0.717) is 5.82 Å². The SMILES string of the molecule is Cl.Oc1ccc(CCNc2cnnnc2Nc2ccccc2)cc1. The van der Waals surface area contributed by atoms with Crippen molar-refractivity contribution in [1.82, 2.24) is 15.4 Å². The Hall–Kier alpha value is -2.86. The average molecular weight is 344 g/mol. The first-order valence-corrected chi connectivity index (χ1v) is 7.33. The fraction of sp³-hybridized carbons (Fsp3) is 0.118. The van der Waals surface area contributed by atoms with Gasteiger partial charge >= 0.3 is 0 Å². The van der Waals surface area contributed by atoms with Gasteiger partial charge in [0.1, 0.15) is 5.75 Å². The van der Waals surface area contributed by atoms with Crippen molar-refractivity contribution < 1.29 is 5.11 Å². The zero-order valence-electron chi connectivity index (χ0n) is 12.9. The van der Waals surface area contributed by atoms with E-state index in [0.717, 1.165) is 29.9 Å². The number of aromatic hydroxyl groups is 1. The van der Waals surface area contributed by atoms with Crippen LogP contribution >= 0.6 is 12.4 Å². The highest BCUT2D eigenvalue weighted by molar-refractivity contribution is 5.85. The molecule has 0 saturated carbocycles. The molecule has 2 aromatic carbocycles. The lowest BCUT2D eigenvalue weighted by Crippen LogP contribution is -2.09. The zero-order chi connectivity index (χ0) is 15.9. The van der Waals surface area contributed by atoms with Gasteiger partial charge in [0, 0.05) is 12.2 Å². The van der Waals surface area contributed by atoms with Crippen molar-refractivity contribution in [2.75, 3.05) is 17.2 Å². The molecular weight excluding hydrogens is 326 g/mol. The van der Waals surface area contributed by atoms with E-state index in [2.05, 4.69) is 26.0 Å². The highest BCUT2D eigenvalue weighted by atomic mass is 35.5. The summed E-state index contributed by atoms with van der Waals surface area (Å²) in [7, 11) is 0. The molecule has 0 radical (unpaired) electrons. The molecule has 0 amide bonds. The normalized spacial score (nSPS) is 9.83. The van der Waals surface area contributed by atoms with Gasteiger partial charge in [-0.25, -0.2) is 0 Å². The van der Waals surface area contributed by atoms with Crippen LogP contribution in [0.5, 0.6) is 5.75 Å². The van der Waals surface area contributed by atoms with Crippen LogP contribution in [0.25, 0.3) is 0 Å². The number of phenolic OH excluding ortho intramolecular Hbond substituents is 1. The summed E-state index contributed by atoms with van der Waals surface area (Å²) in [6.45, 7) is 0.724. The van der Waals surface area contributed by atoms with Crippen LogP contribution < -0.4 is 10.6 Å². The molecule has 0 aliphatic heterocycles. The number of anilines is 3. The van der Waals surface area contributed by atoms with Crippen LogP contribution in [0.4, 0.5) is 17.2 Å². The molecule has 0 bridgehead atoms. The maximum Gasteiger partial charge on any atom is 0.179 e. The van der Waals surface area contributed by atoms with Gasteiger partial charge in [-0.15, -0.1) is 22.6 Å². The molecule has 6 nitrogen and oxygen atoms in total. The van der Waals surface area contributed by atoms with Crippen molar-refractivity contribution in [2.24, 2.45) is 0 Å². The molecule has 0 atom stereocenters. The highest BCUT2D eigenvalue weighted by Crippen LogP contribution is 2.21. The number of rotatable bonds is 6. The Labute approximate surface area is 146 Å². The highest BCUT2D eigenvalue weighted by Gasteiger charge is 2.05. The molecule has 3 rings (SSSR count). The van der Waals surface area contributed by atoms with Gasteiger partial charge in [0.15, 0.2) is 5.82 Å². The number of hydrogen-bond donors (Lipinski definition) is 3. The molecule has 1 heterocycles. The van der Waals surface area contributed by atoms with E-state index >= 15 is 0 Å². The van der Waals surface area contributed by atoms with Gasteiger partial charge in [-0.3, -0.25) is 0 Å². The maximum absolute atomic E-state index is 9.29. The molecule has 3 N–H and O–H groups in total. The fourth-order valence-corrected chi connectivity index (χ4v) is 2.15. The Morgan fingerprint density at radius 1 is 0.958 bits per heavy atom. The predicted molar refractivity (Wildman–Crippen MR) is 97.1 cm³/mol. The van der Waals surface area contributed by atoms with E-state index in [1.807, 2.05) is 42.5 Å². The second-order valence-corrected chi connectivity index (χ2v) is 5.03. The van der Waals surface area contributed by atoms with Crippen molar-refractivity contribution in [3.05, 3.63) is 66.4 Å². The van der Waals surface area contributed by atoms with Crippen LogP contribution in [0.3, 0.4) is 0 Å². The lowest BCUT2D eigenvalue weighted by molar-refractivity contribution is 0.475. The summed E-state index contributed by atoms with van der Waals surface area (Å²) < 4.78 is 0. The van der Waals surface area contributed by atoms with Gasteiger partial charge in [-0.2, -0.15) is 0 Å². The number of benzene rings is 2. The van der Waals surface area contributed by atoms with Gasteiger partial charge in [-0.1, -0.05) is 30.3 Å². The fourth-order valence-electron chi connectivity index (χ4n) is 2.15. The minimum atomic E-state index is 0. The van der Waals surface area contributed by atoms with E-state index in [4.69, 9.17) is 0 Å². The van der Waals surface area contributed by atoms with Crippen LogP contribution in [0.15, 0.2) is 60.8 Å². The molecule has 124 valence electrons. The Bertz CT molecular complexity index is 752. The van der Waals surface area contributed by atoms with Crippen molar-refractivity contribution >= 4 is 29.6 Å². The number of halogens is 1. The summed E-state index contributed by atoms with van der Waals surface area (Å²) in [5.41, 5.74) is 2.88. The van der Waals surface area contributed by atoms with Gasteiger partial charge in [0.2, 0.25) is 0 Å². The summed E-state index contributed by atoms with van der Waals surface area (Å²) in [4.78, 5) is 0. The van der Waals surface area contributed by atoms with Crippen LogP contribution in [-0.2, 0) is 6.42 Å². The molecule has 0 spiro atoms. The lowest BCUT2D eigenvalue weighted by Gasteiger charge is -2.11. The van der Waals surface area contributed by atoms with Gasteiger partial charge in [0.05, 0.1) is 11.9 Å².